The molecule has 11 heavy (non-hydrogen) atoms. The summed E-state index contributed by atoms with van der Waals surface area (Å²) in [4.78, 5) is 19.9. The zero-order valence-electron chi connectivity index (χ0n) is 5.66. The van der Waals surface area contributed by atoms with Crippen LogP contribution in [0.1, 0.15) is 12.8 Å². The molecule has 0 rings (SSSR count). The van der Waals surface area contributed by atoms with Crippen LogP contribution in [0.2, 0.25) is 0 Å². The SMILES string of the molecule is N[C@@H](CCC(=O)O)C(=O)O.[Mn]. The van der Waals surface area contributed by atoms with E-state index in [1.54, 1.807) is 0 Å². The fraction of sp³-hybridized carbons (Fsp3) is 0.600. The molecule has 0 fully saturated rings. The van der Waals surface area contributed by atoms with E-state index in [4.69, 9.17) is 15.9 Å². The van der Waals surface area contributed by atoms with Crippen LogP contribution < -0.4 is 5.73 Å². The second-order valence-electron chi connectivity index (χ2n) is 1.88. The van der Waals surface area contributed by atoms with Gasteiger partial charge in [-0.15, -0.1) is 0 Å². The third kappa shape index (κ3) is 7.31. The molecule has 0 amide bonds. The van der Waals surface area contributed by atoms with Gasteiger partial charge in [-0.2, -0.15) is 0 Å². The Morgan fingerprint density at radius 1 is 1.36 bits per heavy atom. The van der Waals surface area contributed by atoms with Gasteiger partial charge in [-0.05, 0) is 6.42 Å². The minimum Gasteiger partial charge on any atom is -0.481 e. The van der Waals surface area contributed by atoms with Crippen LogP contribution in [0.3, 0.4) is 0 Å². The van der Waals surface area contributed by atoms with Crippen molar-refractivity contribution in [3.63, 3.8) is 0 Å². The summed E-state index contributed by atoms with van der Waals surface area (Å²) in [6.07, 6.45) is -0.224. The first-order valence-corrected chi connectivity index (χ1v) is 2.74. The molecule has 0 aliphatic heterocycles. The molecule has 6 heteroatoms. The maximum atomic E-state index is 9.99. The van der Waals surface area contributed by atoms with Crippen molar-refractivity contribution in [1.29, 1.82) is 0 Å². The van der Waals surface area contributed by atoms with Crippen molar-refractivity contribution in [1.82, 2.24) is 0 Å². The van der Waals surface area contributed by atoms with Gasteiger partial charge in [0.25, 0.3) is 0 Å². The zero-order chi connectivity index (χ0) is 8.15. The van der Waals surface area contributed by atoms with E-state index < -0.39 is 18.0 Å². The Balaban J connectivity index is 0. The number of carboxylic acids is 2. The van der Waals surface area contributed by atoms with Crippen LogP contribution in [-0.4, -0.2) is 28.2 Å². The topological polar surface area (TPSA) is 101 Å². The van der Waals surface area contributed by atoms with Crippen LogP contribution in [-0.2, 0) is 26.7 Å². The van der Waals surface area contributed by atoms with Gasteiger partial charge in [-0.3, -0.25) is 9.59 Å². The number of carbonyl (C=O) groups is 2. The second kappa shape index (κ2) is 6.15. The van der Waals surface area contributed by atoms with Gasteiger partial charge in [0.05, 0.1) is 0 Å². The molecular weight excluding hydrogens is 193 g/mol. The van der Waals surface area contributed by atoms with Gasteiger partial charge >= 0.3 is 11.9 Å². The standard InChI is InChI=1S/C5H9NO4.Mn/c6-3(5(9)10)1-2-4(7)8;/h3H,1-2,6H2,(H,7,8)(H,9,10);/t3-;/m0./s1. The first-order chi connectivity index (χ1) is 4.54. The molecule has 0 aromatic heterocycles. The van der Waals surface area contributed by atoms with Crippen LogP contribution in [0.5, 0.6) is 0 Å². The maximum absolute atomic E-state index is 9.99. The quantitative estimate of drug-likeness (QED) is 0.521. The Kier molecular flexibility index (Phi) is 7.29. The Bertz CT molecular complexity index is 149. The van der Waals surface area contributed by atoms with Gasteiger partial charge in [-0.25, -0.2) is 0 Å². The van der Waals surface area contributed by atoms with Crippen LogP contribution in [0.25, 0.3) is 0 Å². The summed E-state index contributed by atoms with van der Waals surface area (Å²) >= 11 is 0. The third-order valence-electron chi connectivity index (χ3n) is 0.986. The van der Waals surface area contributed by atoms with Gasteiger partial charge in [-0.1, -0.05) is 0 Å². The minimum atomic E-state index is -1.17. The van der Waals surface area contributed by atoms with E-state index in [0.717, 1.165) is 0 Å². The summed E-state index contributed by atoms with van der Waals surface area (Å²) in [5.41, 5.74) is 5.00. The normalized spacial score (nSPS) is 11.4. The summed E-state index contributed by atoms with van der Waals surface area (Å²) in [6.45, 7) is 0. The number of hydrogen-bond donors (Lipinski definition) is 3. The van der Waals surface area contributed by atoms with Crippen LogP contribution in [0, 0.1) is 0 Å². The molecule has 0 aliphatic carbocycles. The van der Waals surface area contributed by atoms with E-state index in [1.807, 2.05) is 0 Å². The first kappa shape index (κ1) is 13.0. The van der Waals surface area contributed by atoms with Crippen molar-refractivity contribution >= 4 is 11.9 Å². The molecule has 5 nitrogen and oxygen atoms in total. The Morgan fingerprint density at radius 3 is 2.09 bits per heavy atom. The molecule has 0 heterocycles. The summed E-state index contributed by atoms with van der Waals surface area (Å²) in [7, 11) is 0. The summed E-state index contributed by atoms with van der Waals surface area (Å²) in [5, 5.41) is 16.3. The van der Waals surface area contributed by atoms with Crippen LogP contribution >= 0.6 is 0 Å². The van der Waals surface area contributed by atoms with E-state index in [1.165, 1.54) is 0 Å². The number of hydrogen-bond acceptors (Lipinski definition) is 3. The molecule has 0 saturated heterocycles. The Labute approximate surface area is 74.0 Å². The molecule has 0 spiro atoms. The van der Waals surface area contributed by atoms with E-state index in [9.17, 15) is 9.59 Å². The predicted molar refractivity (Wildman–Crippen MR) is 32.5 cm³/mol. The molecular formula is C5H9MnNO4. The van der Waals surface area contributed by atoms with E-state index in [0.29, 0.717) is 0 Å². The van der Waals surface area contributed by atoms with Crippen molar-refractivity contribution in [3.8, 4) is 0 Å². The van der Waals surface area contributed by atoms with E-state index in [2.05, 4.69) is 0 Å². The zero-order valence-corrected chi connectivity index (χ0v) is 6.84. The molecule has 1 atom stereocenters. The fourth-order valence-electron chi connectivity index (χ4n) is 0.402. The maximum Gasteiger partial charge on any atom is 0.320 e. The largest absolute Gasteiger partial charge is 0.481 e. The average molecular weight is 202 g/mol. The second-order valence-corrected chi connectivity index (χ2v) is 1.88. The summed E-state index contributed by atoms with van der Waals surface area (Å²) < 4.78 is 0. The third-order valence-corrected chi connectivity index (χ3v) is 0.986. The van der Waals surface area contributed by atoms with Gasteiger partial charge in [0.1, 0.15) is 6.04 Å². The molecule has 0 unspecified atom stereocenters. The minimum absolute atomic E-state index is 0. The van der Waals surface area contributed by atoms with Gasteiger partial charge in [0.15, 0.2) is 0 Å². The van der Waals surface area contributed by atoms with Crippen molar-refractivity contribution < 1.29 is 36.9 Å². The summed E-state index contributed by atoms with van der Waals surface area (Å²) in [5.74, 6) is -2.20. The number of carboxylic acid groups (broad SMARTS) is 2. The molecule has 0 aliphatic rings. The molecule has 0 aromatic rings. The van der Waals surface area contributed by atoms with E-state index in [-0.39, 0.29) is 29.9 Å². The molecule has 65 valence electrons. The number of aliphatic carboxylic acids is 2. The van der Waals surface area contributed by atoms with Crippen LogP contribution in [0.4, 0.5) is 0 Å². The molecule has 0 aromatic carbocycles. The Morgan fingerprint density at radius 2 is 1.82 bits per heavy atom. The van der Waals surface area contributed by atoms with Crippen molar-refractivity contribution in [3.05, 3.63) is 0 Å². The monoisotopic (exact) mass is 202 g/mol. The molecule has 0 bridgehead atoms. The van der Waals surface area contributed by atoms with Gasteiger partial charge in [0, 0.05) is 23.5 Å². The van der Waals surface area contributed by atoms with Crippen molar-refractivity contribution in [2.24, 2.45) is 5.73 Å². The van der Waals surface area contributed by atoms with Crippen molar-refractivity contribution in [2.45, 2.75) is 18.9 Å². The molecule has 0 saturated carbocycles. The Hall–Kier alpha value is -0.581. The summed E-state index contributed by atoms with van der Waals surface area (Å²) in [6, 6.07) is -1.06. The number of rotatable bonds is 4. The van der Waals surface area contributed by atoms with E-state index >= 15 is 0 Å². The van der Waals surface area contributed by atoms with Crippen LogP contribution in [0.15, 0.2) is 0 Å². The smallest absolute Gasteiger partial charge is 0.320 e. The predicted octanol–water partition coefficient (Wildman–Crippen LogP) is -0.739. The fourth-order valence-corrected chi connectivity index (χ4v) is 0.402. The van der Waals surface area contributed by atoms with Gasteiger partial charge in [0.2, 0.25) is 0 Å². The molecule has 4 N–H and O–H groups in total. The molecule has 1 radical (unpaired) electrons. The first-order valence-electron chi connectivity index (χ1n) is 2.74. The van der Waals surface area contributed by atoms with Crippen molar-refractivity contribution in [2.75, 3.05) is 0 Å². The van der Waals surface area contributed by atoms with Gasteiger partial charge < -0.3 is 15.9 Å². The average Bonchev–Trinajstić information content (AvgIpc) is 1.82. The number of nitrogens with two attached hydrogens (primary N) is 1.